The number of benzene rings is 2. The maximum Gasteiger partial charge on any atom is 0.116 e. The zero-order valence-corrected chi connectivity index (χ0v) is 15.2. The lowest BCUT2D eigenvalue weighted by molar-refractivity contribution is 1.28. The summed E-state index contributed by atoms with van der Waals surface area (Å²) >= 11 is 0. The Morgan fingerprint density at radius 2 is 1.21 bits per heavy atom. The molecule has 4 aromatic rings. The molecule has 2 aromatic heterocycles. The first-order chi connectivity index (χ1) is 13.9. The van der Waals surface area contributed by atoms with Gasteiger partial charge in [-0.3, -0.25) is 9.97 Å². The number of pyridine rings is 2. The highest BCUT2D eigenvalue weighted by molar-refractivity contribution is 6.53. The Bertz CT molecular complexity index is 984. The van der Waals surface area contributed by atoms with Gasteiger partial charge in [0.25, 0.3) is 0 Å². The molecule has 0 atom stereocenters. The lowest BCUT2D eigenvalue weighted by Crippen LogP contribution is -2.18. The van der Waals surface area contributed by atoms with Crippen molar-refractivity contribution in [3.63, 3.8) is 0 Å². The largest absolute Gasteiger partial charge is 0.264 e. The van der Waals surface area contributed by atoms with Crippen molar-refractivity contribution < 1.29 is 0 Å². The topological polar surface area (TPSA) is 50.5 Å². The van der Waals surface area contributed by atoms with E-state index in [1.807, 2.05) is 91.0 Å². The van der Waals surface area contributed by atoms with Gasteiger partial charge in [-0.1, -0.05) is 42.5 Å². The van der Waals surface area contributed by atoms with Gasteiger partial charge in [-0.15, -0.1) is 0 Å². The van der Waals surface area contributed by atoms with E-state index in [4.69, 9.17) is 9.98 Å². The molecule has 4 rings (SSSR count). The Hall–Kier alpha value is -3.92. The molecule has 4 nitrogen and oxygen atoms in total. The SMILES string of the molecule is c1ccc(N=C(C(=Nc2ccccc2)c2ccccn2)c2cccnc2)cc1. The summed E-state index contributed by atoms with van der Waals surface area (Å²) in [5, 5.41) is 0. The highest BCUT2D eigenvalue weighted by atomic mass is 14.9. The summed E-state index contributed by atoms with van der Waals surface area (Å²) in [7, 11) is 0. The van der Waals surface area contributed by atoms with E-state index in [1.54, 1.807) is 18.6 Å². The van der Waals surface area contributed by atoms with Gasteiger partial charge >= 0.3 is 0 Å². The van der Waals surface area contributed by atoms with Crippen molar-refractivity contribution in [2.45, 2.75) is 0 Å². The van der Waals surface area contributed by atoms with Gasteiger partial charge < -0.3 is 0 Å². The lowest BCUT2D eigenvalue weighted by atomic mass is 10.0. The second-order valence-corrected chi connectivity index (χ2v) is 6.05. The van der Waals surface area contributed by atoms with E-state index in [2.05, 4.69) is 9.97 Å². The molecule has 0 fully saturated rings. The third kappa shape index (κ3) is 4.24. The van der Waals surface area contributed by atoms with Crippen LogP contribution in [0.3, 0.4) is 0 Å². The van der Waals surface area contributed by atoms with Gasteiger partial charge in [-0.05, 0) is 48.5 Å². The number of hydrogen-bond donors (Lipinski definition) is 0. The fourth-order valence-corrected chi connectivity index (χ4v) is 2.75. The van der Waals surface area contributed by atoms with Gasteiger partial charge in [0.15, 0.2) is 0 Å². The van der Waals surface area contributed by atoms with E-state index in [-0.39, 0.29) is 0 Å². The Balaban J connectivity index is 1.94. The van der Waals surface area contributed by atoms with E-state index in [0.717, 1.165) is 28.3 Å². The monoisotopic (exact) mass is 362 g/mol. The summed E-state index contributed by atoms with van der Waals surface area (Å²) in [5.74, 6) is 0. The van der Waals surface area contributed by atoms with Gasteiger partial charge in [0.05, 0.1) is 17.1 Å². The number of aliphatic imine (C=N–C) groups is 2. The van der Waals surface area contributed by atoms with Gasteiger partial charge in [0, 0.05) is 24.2 Å². The highest BCUT2D eigenvalue weighted by Gasteiger charge is 2.16. The average Bonchev–Trinajstić information content (AvgIpc) is 2.79. The van der Waals surface area contributed by atoms with Crippen LogP contribution >= 0.6 is 0 Å². The van der Waals surface area contributed by atoms with Crippen LogP contribution in [-0.4, -0.2) is 21.4 Å². The zero-order chi connectivity index (χ0) is 19.0. The molecule has 0 spiro atoms. The molecule has 28 heavy (non-hydrogen) atoms. The third-order valence-corrected chi connectivity index (χ3v) is 4.06. The number of nitrogens with zero attached hydrogens (tertiary/aromatic N) is 4. The van der Waals surface area contributed by atoms with E-state index >= 15 is 0 Å². The van der Waals surface area contributed by atoms with E-state index < -0.39 is 0 Å². The molecule has 0 aliphatic carbocycles. The fraction of sp³-hybridized carbons (Fsp3) is 0. The molecule has 0 saturated carbocycles. The molecule has 2 aromatic carbocycles. The average molecular weight is 362 g/mol. The van der Waals surface area contributed by atoms with Gasteiger partial charge in [0.1, 0.15) is 11.4 Å². The molecule has 0 bridgehead atoms. The smallest absolute Gasteiger partial charge is 0.116 e. The molecular weight excluding hydrogens is 344 g/mol. The summed E-state index contributed by atoms with van der Waals surface area (Å²) in [5.41, 5.74) is 4.74. The Kier molecular flexibility index (Phi) is 5.40. The number of aromatic nitrogens is 2. The quantitative estimate of drug-likeness (QED) is 0.445. The van der Waals surface area contributed by atoms with Crippen molar-refractivity contribution in [2.24, 2.45) is 9.98 Å². The van der Waals surface area contributed by atoms with E-state index in [1.165, 1.54) is 0 Å². The van der Waals surface area contributed by atoms with Crippen molar-refractivity contribution in [3.8, 4) is 0 Å². The standard InChI is InChI=1S/C24H18N4/c1-3-11-20(12-4-1)27-23(19-10-9-16-25-18-19)24(22-15-7-8-17-26-22)28-21-13-5-2-6-14-21/h1-18H. The Labute approximate surface area is 164 Å². The minimum absolute atomic E-state index is 0.698. The van der Waals surface area contributed by atoms with Crippen LogP contribution in [0.1, 0.15) is 11.3 Å². The molecule has 0 aliphatic heterocycles. The minimum atomic E-state index is 0.698. The summed E-state index contributed by atoms with van der Waals surface area (Å²) in [4.78, 5) is 18.6. The van der Waals surface area contributed by atoms with Gasteiger partial charge in [0.2, 0.25) is 0 Å². The van der Waals surface area contributed by atoms with Crippen molar-refractivity contribution in [3.05, 3.63) is 121 Å². The first kappa shape index (κ1) is 17.5. The summed E-state index contributed by atoms with van der Waals surface area (Å²) in [6.07, 6.45) is 5.31. The molecule has 0 aliphatic rings. The zero-order valence-electron chi connectivity index (χ0n) is 15.2. The first-order valence-electron chi connectivity index (χ1n) is 9.00. The molecule has 0 N–H and O–H groups in total. The maximum absolute atomic E-state index is 4.91. The van der Waals surface area contributed by atoms with Crippen molar-refractivity contribution in [1.29, 1.82) is 0 Å². The third-order valence-electron chi connectivity index (χ3n) is 4.06. The predicted octanol–water partition coefficient (Wildman–Crippen LogP) is 5.42. The molecule has 0 amide bonds. The van der Waals surface area contributed by atoms with Crippen molar-refractivity contribution in [1.82, 2.24) is 9.97 Å². The Morgan fingerprint density at radius 3 is 1.79 bits per heavy atom. The first-order valence-corrected chi connectivity index (χ1v) is 9.00. The van der Waals surface area contributed by atoms with Crippen LogP contribution in [-0.2, 0) is 0 Å². The van der Waals surface area contributed by atoms with E-state index in [9.17, 15) is 0 Å². The second-order valence-electron chi connectivity index (χ2n) is 6.05. The molecule has 0 saturated heterocycles. The Morgan fingerprint density at radius 1 is 0.571 bits per heavy atom. The van der Waals surface area contributed by atoms with Crippen LogP contribution < -0.4 is 0 Å². The number of para-hydroxylation sites is 2. The van der Waals surface area contributed by atoms with Crippen LogP contribution in [0.2, 0.25) is 0 Å². The van der Waals surface area contributed by atoms with Crippen LogP contribution in [0.5, 0.6) is 0 Å². The molecule has 2 heterocycles. The van der Waals surface area contributed by atoms with E-state index in [0.29, 0.717) is 5.71 Å². The van der Waals surface area contributed by atoms with Crippen LogP contribution in [0.4, 0.5) is 11.4 Å². The lowest BCUT2D eigenvalue weighted by Gasteiger charge is -2.11. The summed E-state index contributed by atoms with van der Waals surface area (Å²) in [6.45, 7) is 0. The van der Waals surface area contributed by atoms with Gasteiger partial charge in [-0.2, -0.15) is 0 Å². The molecule has 4 heteroatoms. The number of rotatable bonds is 5. The van der Waals surface area contributed by atoms with Crippen molar-refractivity contribution in [2.75, 3.05) is 0 Å². The molecular formula is C24H18N4. The number of hydrogen-bond acceptors (Lipinski definition) is 4. The predicted molar refractivity (Wildman–Crippen MR) is 114 cm³/mol. The maximum atomic E-state index is 4.91. The van der Waals surface area contributed by atoms with Crippen molar-refractivity contribution >= 4 is 22.8 Å². The summed E-state index contributed by atoms with van der Waals surface area (Å²) in [6, 6.07) is 29.3. The second kappa shape index (κ2) is 8.64. The minimum Gasteiger partial charge on any atom is -0.264 e. The highest BCUT2D eigenvalue weighted by Crippen LogP contribution is 2.19. The molecule has 134 valence electrons. The molecule has 0 radical (unpaired) electrons. The molecule has 0 unspecified atom stereocenters. The van der Waals surface area contributed by atoms with Crippen LogP contribution in [0, 0.1) is 0 Å². The van der Waals surface area contributed by atoms with Crippen LogP contribution in [0.25, 0.3) is 0 Å². The fourth-order valence-electron chi connectivity index (χ4n) is 2.75. The normalized spacial score (nSPS) is 12.0. The summed E-state index contributed by atoms with van der Waals surface area (Å²) < 4.78 is 0. The van der Waals surface area contributed by atoms with Gasteiger partial charge in [-0.25, -0.2) is 9.98 Å². The van der Waals surface area contributed by atoms with Crippen LogP contribution in [0.15, 0.2) is 120 Å².